The highest BCUT2D eigenvalue weighted by molar-refractivity contribution is 7.99. The first kappa shape index (κ1) is 13.2. The highest BCUT2D eigenvalue weighted by Crippen LogP contribution is 2.14. The van der Waals surface area contributed by atoms with Crippen molar-refractivity contribution in [1.82, 2.24) is 0 Å². The highest BCUT2D eigenvalue weighted by atomic mass is 32.2. The Morgan fingerprint density at radius 3 is 1.73 bits per heavy atom. The second kappa shape index (κ2) is 7.72. The average molecular weight is 179 g/mol. The molecular weight excluding hydrogens is 162 g/mol. The molecule has 11 heavy (non-hydrogen) atoms. The third kappa shape index (κ3) is 17.7. The first-order valence-corrected chi connectivity index (χ1v) is 4.71. The van der Waals surface area contributed by atoms with Crippen LogP contribution in [0.25, 0.3) is 0 Å². The van der Waals surface area contributed by atoms with Crippen molar-refractivity contribution in [1.29, 1.82) is 0 Å². The monoisotopic (exact) mass is 179 g/mol. The van der Waals surface area contributed by atoms with Crippen LogP contribution in [0, 0.1) is 5.92 Å². The molecule has 0 aromatic carbocycles. The Bertz CT molecular complexity index is 103. The van der Waals surface area contributed by atoms with Crippen molar-refractivity contribution in [3.63, 3.8) is 0 Å². The van der Waals surface area contributed by atoms with Gasteiger partial charge in [-0.3, -0.25) is 0 Å². The van der Waals surface area contributed by atoms with Crippen LogP contribution < -0.4 is 5.73 Å². The van der Waals surface area contributed by atoms with Gasteiger partial charge in [0.05, 0.1) is 0 Å². The van der Waals surface area contributed by atoms with Gasteiger partial charge in [0.1, 0.15) is 0 Å². The Labute approximate surface area is 72.4 Å². The molecule has 0 aliphatic heterocycles. The molecule has 4 heteroatoms. The van der Waals surface area contributed by atoms with Crippen molar-refractivity contribution in [3.05, 3.63) is 0 Å². The summed E-state index contributed by atoms with van der Waals surface area (Å²) in [6.07, 6.45) is 0.824. The number of rotatable bonds is 2. The number of thioether (sulfide) groups is 1. The van der Waals surface area contributed by atoms with Crippen molar-refractivity contribution < 1.29 is 9.90 Å². The molecule has 0 spiro atoms. The van der Waals surface area contributed by atoms with Crippen LogP contribution in [0.5, 0.6) is 0 Å². The molecule has 1 unspecified atom stereocenters. The van der Waals surface area contributed by atoms with E-state index in [4.69, 9.17) is 9.90 Å². The molecule has 0 aliphatic rings. The van der Waals surface area contributed by atoms with E-state index in [0.29, 0.717) is 0 Å². The van der Waals surface area contributed by atoms with E-state index in [0.717, 1.165) is 11.2 Å². The second-order valence-corrected chi connectivity index (χ2v) is 3.74. The zero-order valence-electron chi connectivity index (χ0n) is 7.50. The molecular formula is C7H17NO2S. The number of carboxylic acid groups (broad SMARTS) is 1. The lowest BCUT2D eigenvalue weighted by molar-refractivity contribution is 0.205. The maximum absolute atomic E-state index is 8.78. The van der Waals surface area contributed by atoms with Gasteiger partial charge in [0, 0.05) is 5.25 Å². The number of hydrogen-bond acceptors (Lipinski definition) is 2. The van der Waals surface area contributed by atoms with Gasteiger partial charge in [0.15, 0.2) is 0 Å². The van der Waals surface area contributed by atoms with Crippen LogP contribution in [0.1, 0.15) is 20.8 Å². The normalized spacial score (nSPS) is 11.7. The highest BCUT2D eigenvalue weighted by Gasteiger charge is 2.01. The minimum atomic E-state index is -1.33. The number of amides is 1. The summed E-state index contributed by atoms with van der Waals surface area (Å²) in [6.45, 7) is 6.76. The summed E-state index contributed by atoms with van der Waals surface area (Å²) in [7, 11) is 0. The summed E-state index contributed by atoms with van der Waals surface area (Å²) in [4.78, 5) is 8.78. The van der Waals surface area contributed by atoms with Gasteiger partial charge in [0.25, 0.3) is 0 Å². The first-order chi connectivity index (χ1) is 4.91. The number of primary amides is 1. The van der Waals surface area contributed by atoms with Crippen molar-refractivity contribution in [2.75, 3.05) is 6.26 Å². The third-order valence-corrected chi connectivity index (χ3v) is 2.60. The minimum Gasteiger partial charge on any atom is -0.465 e. The van der Waals surface area contributed by atoms with E-state index in [9.17, 15) is 0 Å². The fourth-order valence-electron chi connectivity index (χ4n) is 0.272. The molecule has 0 bridgehead atoms. The summed E-state index contributed by atoms with van der Waals surface area (Å²) in [5, 5.41) is 8.01. The fraction of sp³-hybridized carbons (Fsp3) is 0.857. The van der Waals surface area contributed by atoms with Gasteiger partial charge in [-0.05, 0) is 12.2 Å². The molecule has 1 amide bonds. The zero-order valence-corrected chi connectivity index (χ0v) is 8.31. The summed E-state index contributed by atoms with van der Waals surface area (Å²) < 4.78 is 0. The molecule has 0 aromatic rings. The Balaban J connectivity index is 0. The van der Waals surface area contributed by atoms with E-state index in [1.165, 1.54) is 0 Å². The van der Waals surface area contributed by atoms with Crippen molar-refractivity contribution in [2.45, 2.75) is 26.0 Å². The summed E-state index contributed by atoms with van der Waals surface area (Å²) in [5.74, 6) is 0.829. The lowest BCUT2D eigenvalue weighted by atomic mass is 10.2. The number of hydrogen-bond donors (Lipinski definition) is 2. The van der Waals surface area contributed by atoms with Gasteiger partial charge < -0.3 is 10.8 Å². The smallest absolute Gasteiger partial charge is 0.402 e. The predicted molar refractivity (Wildman–Crippen MR) is 50.0 cm³/mol. The standard InChI is InChI=1S/C6H14S.CH3NO2/c1-5(2)6(3)7-4;2-1(3)4/h5-6H,1-4H3;2H2,(H,3,4). The van der Waals surface area contributed by atoms with E-state index in [1.54, 1.807) is 0 Å². The van der Waals surface area contributed by atoms with E-state index >= 15 is 0 Å². The average Bonchev–Trinajstić information content (AvgIpc) is 1.85. The molecule has 0 radical (unpaired) electrons. The molecule has 0 fully saturated rings. The molecule has 0 rings (SSSR count). The first-order valence-electron chi connectivity index (χ1n) is 3.43. The largest absolute Gasteiger partial charge is 0.465 e. The molecule has 3 nitrogen and oxygen atoms in total. The SMILES string of the molecule is CSC(C)C(C)C.NC(=O)O. The maximum atomic E-state index is 8.78. The van der Waals surface area contributed by atoms with Crippen molar-refractivity contribution in [2.24, 2.45) is 11.7 Å². The van der Waals surface area contributed by atoms with Crippen LogP contribution in [0.15, 0.2) is 0 Å². The lowest BCUT2D eigenvalue weighted by Crippen LogP contribution is -2.03. The predicted octanol–water partition coefficient (Wildman–Crippen LogP) is 2.02. The quantitative estimate of drug-likeness (QED) is 0.681. The van der Waals surface area contributed by atoms with Crippen LogP contribution in [0.3, 0.4) is 0 Å². The Morgan fingerprint density at radius 1 is 1.45 bits per heavy atom. The van der Waals surface area contributed by atoms with Crippen LogP contribution in [-0.2, 0) is 0 Å². The van der Waals surface area contributed by atoms with Gasteiger partial charge >= 0.3 is 6.09 Å². The molecule has 0 saturated carbocycles. The van der Waals surface area contributed by atoms with Gasteiger partial charge in [-0.25, -0.2) is 4.79 Å². The lowest BCUT2D eigenvalue weighted by Gasteiger charge is -2.10. The van der Waals surface area contributed by atoms with Crippen molar-refractivity contribution >= 4 is 17.9 Å². The van der Waals surface area contributed by atoms with Crippen LogP contribution in [0.4, 0.5) is 4.79 Å². The molecule has 0 aliphatic carbocycles. The molecule has 1 atom stereocenters. The fourth-order valence-corrected chi connectivity index (χ4v) is 0.816. The molecule has 68 valence electrons. The molecule has 0 heterocycles. The van der Waals surface area contributed by atoms with Gasteiger partial charge in [-0.15, -0.1) is 0 Å². The van der Waals surface area contributed by atoms with Crippen LogP contribution >= 0.6 is 11.8 Å². The van der Waals surface area contributed by atoms with Gasteiger partial charge in [-0.2, -0.15) is 11.8 Å². The Hall–Kier alpha value is -0.380. The van der Waals surface area contributed by atoms with Crippen LogP contribution in [0.2, 0.25) is 0 Å². The number of carbonyl (C=O) groups is 1. The van der Waals surface area contributed by atoms with E-state index in [2.05, 4.69) is 32.8 Å². The summed E-state index contributed by atoms with van der Waals surface area (Å²) >= 11 is 1.93. The van der Waals surface area contributed by atoms with Crippen molar-refractivity contribution in [3.8, 4) is 0 Å². The molecule has 0 aromatic heterocycles. The Kier molecular flexibility index (Phi) is 9.29. The molecule has 0 saturated heterocycles. The zero-order chi connectivity index (χ0) is 9.44. The third-order valence-electron chi connectivity index (χ3n) is 1.31. The summed E-state index contributed by atoms with van der Waals surface area (Å²) in [5.41, 5.74) is 4.03. The Morgan fingerprint density at radius 2 is 1.73 bits per heavy atom. The minimum absolute atomic E-state index is 0.819. The number of nitrogens with two attached hydrogens (primary N) is 1. The van der Waals surface area contributed by atoms with E-state index in [1.807, 2.05) is 11.8 Å². The molecule has 3 N–H and O–H groups in total. The van der Waals surface area contributed by atoms with Gasteiger partial charge in [0.2, 0.25) is 0 Å². The van der Waals surface area contributed by atoms with Gasteiger partial charge in [-0.1, -0.05) is 20.8 Å². The topological polar surface area (TPSA) is 63.3 Å². The van der Waals surface area contributed by atoms with E-state index in [-0.39, 0.29) is 0 Å². The van der Waals surface area contributed by atoms with Crippen LogP contribution in [-0.4, -0.2) is 22.7 Å². The second-order valence-electron chi connectivity index (χ2n) is 2.52. The summed E-state index contributed by atoms with van der Waals surface area (Å²) in [6, 6.07) is 0. The maximum Gasteiger partial charge on any atom is 0.402 e. The van der Waals surface area contributed by atoms with E-state index < -0.39 is 6.09 Å².